The lowest BCUT2D eigenvalue weighted by atomic mass is 10.2. The van der Waals surface area contributed by atoms with E-state index in [-0.39, 0.29) is 11.6 Å². The lowest BCUT2D eigenvalue weighted by Crippen LogP contribution is -2.12. The monoisotopic (exact) mass is 311 g/mol. The smallest absolute Gasteiger partial charge is 0.313 e. The minimum absolute atomic E-state index is 0.0418. The summed E-state index contributed by atoms with van der Waals surface area (Å²) in [6.45, 7) is 0.733. The number of halogens is 1. The minimum Gasteiger partial charge on any atom is -0.481 e. The number of hydrogen-bond acceptors (Lipinski definition) is 6. The molecule has 0 fully saturated rings. The molecule has 1 aromatic heterocycles. The van der Waals surface area contributed by atoms with Gasteiger partial charge in [-0.2, -0.15) is 0 Å². The van der Waals surface area contributed by atoms with Crippen LogP contribution in [0.1, 0.15) is 5.56 Å². The van der Waals surface area contributed by atoms with Crippen molar-refractivity contribution in [1.82, 2.24) is 10.2 Å². The van der Waals surface area contributed by atoms with Crippen molar-refractivity contribution in [3.8, 4) is 0 Å². The van der Waals surface area contributed by atoms with Crippen molar-refractivity contribution in [2.24, 2.45) is 0 Å². The number of benzene rings is 1. The molecule has 104 valence electrons. The topological polar surface area (TPSA) is 66.3 Å². The van der Waals surface area contributed by atoms with Crippen LogP contribution in [0.25, 0.3) is 0 Å². The van der Waals surface area contributed by atoms with Crippen LogP contribution in [0, 0.1) is 5.82 Å². The molecule has 1 aromatic carbocycles. The highest BCUT2D eigenvalue weighted by molar-refractivity contribution is 8.01. The number of thioether (sulfide) groups is 1. The maximum absolute atomic E-state index is 13.3. The Hall–Kier alpha value is -1.67. The summed E-state index contributed by atoms with van der Waals surface area (Å²) in [7, 11) is 0. The molecule has 3 rings (SSSR count). The summed E-state index contributed by atoms with van der Waals surface area (Å²) >= 11 is 2.46. The van der Waals surface area contributed by atoms with Crippen LogP contribution in [0.4, 0.5) is 15.2 Å². The van der Waals surface area contributed by atoms with Gasteiger partial charge in [0.05, 0.1) is 5.75 Å². The first-order valence-electron chi connectivity index (χ1n) is 5.87. The van der Waals surface area contributed by atoms with E-state index in [4.69, 9.17) is 5.11 Å². The van der Waals surface area contributed by atoms with E-state index in [0.717, 1.165) is 36.0 Å². The highest BCUT2D eigenvalue weighted by Crippen LogP contribution is 2.38. The van der Waals surface area contributed by atoms with Crippen molar-refractivity contribution in [2.75, 3.05) is 17.2 Å². The number of aliphatic carboxylic acids is 1. The third kappa shape index (κ3) is 2.61. The van der Waals surface area contributed by atoms with Gasteiger partial charge in [-0.05, 0) is 24.1 Å². The molecule has 0 atom stereocenters. The second-order valence-electron chi connectivity index (χ2n) is 4.21. The molecule has 1 N–H and O–H groups in total. The van der Waals surface area contributed by atoms with Gasteiger partial charge in [-0.3, -0.25) is 4.79 Å². The van der Waals surface area contributed by atoms with Gasteiger partial charge < -0.3 is 10.0 Å². The normalized spacial score (nSPS) is 13.6. The molecule has 0 bridgehead atoms. The number of carbonyl (C=O) groups is 1. The van der Waals surface area contributed by atoms with E-state index in [2.05, 4.69) is 10.2 Å². The van der Waals surface area contributed by atoms with E-state index in [1.807, 2.05) is 4.90 Å². The summed E-state index contributed by atoms with van der Waals surface area (Å²) in [6.07, 6.45) is 0.840. The summed E-state index contributed by atoms with van der Waals surface area (Å²) in [5, 5.41) is 17.3. The molecule has 8 heteroatoms. The summed E-state index contributed by atoms with van der Waals surface area (Å²) < 4.78 is 13.9. The molecule has 0 saturated heterocycles. The van der Waals surface area contributed by atoms with Crippen molar-refractivity contribution >= 4 is 39.9 Å². The largest absolute Gasteiger partial charge is 0.481 e. The molecular formula is C12H10FN3O2S2. The summed E-state index contributed by atoms with van der Waals surface area (Å²) in [5.74, 6) is -1.21. The molecule has 1 aliphatic heterocycles. The van der Waals surface area contributed by atoms with Crippen LogP contribution < -0.4 is 4.90 Å². The van der Waals surface area contributed by atoms with Crippen molar-refractivity contribution in [3.05, 3.63) is 29.6 Å². The van der Waals surface area contributed by atoms with Gasteiger partial charge in [-0.1, -0.05) is 29.2 Å². The van der Waals surface area contributed by atoms with Gasteiger partial charge in [0.2, 0.25) is 5.13 Å². The summed E-state index contributed by atoms with van der Waals surface area (Å²) in [6, 6.07) is 4.73. The van der Waals surface area contributed by atoms with Crippen LogP contribution in [0.2, 0.25) is 0 Å². The zero-order valence-corrected chi connectivity index (χ0v) is 11.9. The number of anilines is 2. The average molecular weight is 311 g/mol. The average Bonchev–Trinajstić information content (AvgIpc) is 3.01. The molecule has 0 aliphatic carbocycles. The number of rotatable bonds is 4. The molecule has 0 radical (unpaired) electrons. The van der Waals surface area contributed by atoms with Gasteiger partial charge in [-0.25, -0.2) is 4.39 Å². The first kappa shape index (κ1) is 13.3. The Balaban J connectivity index is 1.82. The fraction of sp³-hybridized carbons (Fsp3) is 0.250. The summed E-state index contributed by atoms with van der Waals surface area (Å²) in [4.78, 5) is 12.4. The van der Waals surface area contributed by atoms with E-state index >= 15 is 0 Å². The molecule has 5 nitrogen and oxygen atoms in total. The van der Waals surface area contributed by atoms with E-state index in [0.29, 0.717) is 9.47 Å². The van der Waals surface area contributed by atoms with Gasteiger partial charge in [0.25, 0.3) is 0 Å². The molecule has 0 saturated carbocycles. The quantitative estimate of drug-likeness (QED) is 0.875. The van der Waals surface area contributed by atoms with Crippen LogP contribution in [0.15, 0.2) is 22.5 Å². The molecule has 20 heavy (non-hydrogen) atoms. The van der Waals surface area contributed by atoms with Crippen LogP contribution >= 0.6 is 23.1 Å². The van der Waals surface area contributed by atoms with Crippen LogP contribution in [-0.2, 0) is 11.2 Å². The fourth-order valence-corrected chi connectivity index (χ4v) is 3.65. The molecule has 0 spiro atoms. The lowest BCUT2D eigenvalue weighted by molar-refractivity contribution is -0.133. The lowest BCUT2D eigenvalue weighted by Gasteiger charge is -2.14. The Labute approximate surface area is 122 Å². The summed E-state index contributed by atoms with van der Waals surface area (Å²) in [5.41, 5.74) is 1.90. The van der Waals surface area contributed by atoms with Crippen LogP contribution in [0.5, 0.6) is 0 Å². The zero-order chi connectivity index (χ0) is 14.1. The number of nitrogens with zero attached hydrogens (tertiary/aromatic N) is 3. The van der Waals surface area contributed by atoms with Gasteiger partial charge >= 0.3 is 5.97 Å². The Morgan fingerprint density at radius 2 is 2.35 bits per heavy atom. The third-order valence-electron chi connectivity index (χ3n) is 2.89. The highest BCUT2D eigenvalue weighted by Gasteiger charge is 2.24. The molecule has 1 aliphatic rings. The minimum atomic E-state index is -0.889. The molecule has 0 amide bonds. The van der Waals surface area contributed by atoms with Gasteiger partial charge in [0.15, 0.2) is 4.34 Å². The van der Waals surface area contributed by atoms with Crippen LogP contribution in [-0.4, -0.2) is 33.6 Å². The predicted octanol–water partition coefficient (Wildman–Crippen LogP) is 2.55. The van der Waals surface area contributed by atoms with Crippen molar-refractivity contribution in [3.63, 3.8) is 0 Å². The van der Waals surface area contributed by atoms with E-state index in [9.17, 15) is 9.18 Å². The van der Waals surface area contributed by atoms with E-state index in [1.54, 1.807) is 6.07 Å². The van der Waals surface area contributed by atoms with Crippen LogP contribution in [0.3, 0.4) is 0 Å². The fourth-order valence-electron chi connectivity index (χ4n) is 2.04. The molecule has 0 unspecified atom stereocenters. The first-order chi connectivity index (χ1) is 9.63. The Bertz CT molecular complexity index is 662. The second-order valence-corrected chi connectivity index (χ2v) is 6.39. The standard InChI is InChI=1S/C12H10FN3O2S2/c13-8-2-1-7-3-4-16(9(7)5-8)11-14-15-12(20-11)19-6-10(17)18/h1-2,5H,3-4,6H2,(H,17,18). The second kappa shape index (κ2) is 5.37. The maximum atomic E-state index is 13.3. The Morgan fingerprint density at radius 1 is 1.50 bits per heavy atom. The third-order valence-corrected chi connectivity index (χ3v) is 4.95. The predicted molar refractivity (Wildman–Crippen MR) is 75.4 cm³/mol. The van der Waals surface area contributed by atoms with Crippen molar-refractivity contribution in [1.29, 1.82) is 0 Å². The number of carboxylic acid groups (broad SMARTS) is 1. The Morgan fingerprint density at radius 3 is 3.15 bits per heavy atom. The van der Waals surface area contributed by atoms with Crippen molar-refractivity contribution < 1.29 is 14.3 Å². The maximum Gasteiger partial charge on any atom is 0.313 e. The SMILES string of the molecule is O=C(O)CSc1nnc(N2CCc3ccc(F)cc32)s1. The number of hydrogen-bond donors (Lipinski definition) is 1. The van der Waals surface area contributed by atoms with Gasteiger partial charge in [0.1, 0.15) is 5.82 Å². The molecule has 2 heterocycles. The Kier molecular flexibility index (Phi) is 3.58. The molecular weight excluding hydrogens is 301 g/mol. The van der Waals surface area contributed by atoms with E-state index in [1.165, 1.54) is 23.5 Å². The number of fused-ring (bicyclic) bond motifs is 1. The number of carboxylic acids is 1. The van der Waals surface area contributed by atoms with Gasteiger partial charge in [0, 0.05) is 12.2 Å². The number of aromatic nitrogens is 2. The van der Waals surface area contributed by atoms with Gasteiger partial charge in [-0.15, -0.1) is 10.2 Å². The highest BCUT2D eigenvalue weighted by atomic mass is 32.2. The van der Waals surface area contributed by atoms with E-state index < -0.39 is 5.97 Å². The first-order valence-corrected chi connectivity index (χ1v) is 7.68. The van der Waals surface area contributed by atoms with Crippen molar-refractivity contribution in [2.45, 2.75) is 10.8 Å². The zero-order valence-electron chi connectivity index (χ0n) is 10.2. The molecule has 2 aromatic rings.